The number of fused-ring (bicyclic) bond motifs is 1. The van der Waals surface area contributed by atoms with Crippen LogP contribution >= 0.6 is 0 Å². The lowest BCUT2D eigenvalue weighted by atomic mass is 10.2. The maximum Gasteiger partial charge on any atom is 0.290 e. The van der Waals surface area contributed by atoms with Crippen molar-refractivity contribution in [3.63, 3.8) is 0 Å². The Bertz CT molecular complexity index is 557. The van der Waals surface area contributed by atoms with Gasteiger partial charge in [0.2, 0.25) is 0 Å². The van der Waals surface area contributed by atoms with Crippen molar-refractivity contribution >= 4 is 18.6 Å². The fourth-order valence-electron chi connectivity index (χ4n) is 1.80. The average Bonchev–Trinajstić information content (AvgIpc) is 3.19. The second-order valence-corrected chi connectivity index (χ2v) is 4.10. The van der Waals surface area contributed by atoms with Crippen LogP contribution in [0.15, 0.2) is 24.5 Å². The van der Waals surface area contributed by atoms with Gasteiger partial charge in [-0.1, -0.05) is 6.07 Å². The van der Waals surface area contributed by atoms with Crippen LogP contribution in [0.1, 0.15) is 30.0 Å². The van der Waals surface area contributed by atoms with E-state index in [4.69, 9.17) is 24.9 Å². The quantitative estimate of drug-likeness (QED) is 0.710. The third kappa shape index (κ3) is 4.36. The van der Waals surface area contributed by atoms with E-state index in [0.29, 0.717) is 0 Å². The number of aliphatic hydroxyl groups excluding tert-OH is 1. The summed E-state index contributed by atoms with van der Waals surface area (Å²) in [5, 5.41) is 22.7. The number of carboxylic acid groups (broad SMARTS) is 2. The Morgan fingerprint density at radius 3 is 2.30 bits per heavy atom. The highest BCUT2D eigenvalue weighted by Gasteiger charge is 2.23. The first kappa shape index (κ1) is 15.6. The number of hydrogen-bond acceptors (Lipinski definition) is 4. The molecule has 0 saturated heterocycles. The molecule has 0 aromatic carbocycles. The number of aromatic nitrogens is 2. The Kier molecular flexibility index (Phi) is 6.18. The van der Waals surface area contributed by atoms with Crippen molar-refractivity contribution in [2.45, 2.75) is 25.4 Å². The van der Waals surface area contributed by atoms with Gasteiger partial charge in [0.1, 0.15) is 5.65 Å². The molecule has 0 bridgehead atoms. The van der Waals surface area contributed by atoms with E-state index in [9.17, 15) is 0 Å². The summed E-state index contributed by atoms with van der Waals surface area (Å²) >= 11 is 0. The standard InChI is InChI=1S/C11H12N2O.2CH2O2/c14-7-10-6-13-5-9(8-1-2-8)3-4-11(13)12-10;2*2-1-3/h3-6,8,14H,1-2,7H2;2*1H,(H,2,3). The van der Waals surface area contributed by atoms with E-state index in [-0.39, 0.29) is 19.6 Å². The molecule has 2 aromatic heterocycles. The van der Waals surface area contributed by atoms with Gasteiger partial charge in [-0.15, -0.1) is 0 Å². The molecule has 0 aliphatic heterocycles. The molecular formula is C13H16N2O5. The first-order chi connectivity index (χ1) is 9.69. The predicted octanol–water partition coefficient (Wildman–Crippen LogP) is 1.11. The van der Waals surface area contributed by atoms with Gasteiger partial charge in [-0.05, 0) is 30.4 Å². The molecule has 1 aliphatic carbocycles. The van der Waals surface area contributed by atoms with E-state index < -0.39 is 0 Å². The molecule has 0 spiro atoms. The minimum Gasteiger partial charge on any atom is -0.483 e. The van der Waals surface area contributed by atoms with Crippen molar-refractivity contribution < 1.29 is 24.9 Å². The Morgan fingerprint density at radius 1 is 1.20 bits per heavy atom. The summed E-state index contributed by atoms with van der Waals surface area (Å²) in [6, 6.07) is 4.16. The monoisotopic (exact) mass is 280 g/mol. The van der Waals surface area contributed by atoms with Crippen LogP contribution in [0.25, 0.3) is 5.65 Å². The van der Waals surface area contributed by atoms with Gasteiger partial charge in [-0.2, -0.15) is 0 Å². The molecule has 2 aromatic rings. The van der Waals surface area contributed by atoms with Crippen LogP contribution in [0.2, 0.25) is 0 Å². The second-order valence-electron chi connectivity index (χ2n) is 4.10. The van der Waals surface area contributed by atoms with Crippen molar-refractivity contribution in [3.8, 4) is 0 Å². The number of aliphatic hydroxyl groups is 1. The van der Waals surface area contributed by atoms with E-state index in [1.165, 1.54) is 18.4 Å². The molecule has 0 atom stereocenters. The molecular weight excluding hydrogens is 264 g/mol. The highest BCUT2D eigenvalue weighted by atomic mass is 16.3. The van der Waals surface area contributed by atoms with Crippen LogP contribution in [0.3, 0.4) is 0 Å². The van der Waals surface area contributed by atoms with Gasteiger partial charge >= 0.3 is 0 Å². The largest absolute Gasteiger partial charge is 0.483 e. The van der Waals surface area contributed by atoms with Crippen LogP contribution in [-0.4, -0.2) is 37.6 Å². The third-order valence-electron chi connectivity index (χ3n) is 2.73. The number of pyridine rings is 1. The molecule has 108 valence electrons. The van der Waals surface area contributed by atoms with Crippen LogP contribution in [0.5, 0.6) is 0 Å². The molecule has 1 saturated carbocycles. The summed E-state index contributed by atoms with van der Waals surface area (Å²) in [5.74, 6) is 0.763. The Balaban J connectivity index is 0.000000290. The number of carbonyl (C=O) groups is 2. The minimum atomic E-state index is -0.250. The SMILES string of the molecule is O=CO.O=CO.OCc1cn2cc(C3CC3)ccc2n1. The number of imidazole rings is 1. The van der Waals surface area contributed by atoms with E-state index >= 15 is 0 Å². The number of nitrogens with zero attached hydrogens (tertiary/aromatic N) is 2. The van der Waals surface area contributed by atoms with Crippen molar-refractivity contribution in [1.29, 1.82) is 0 Å². The smallest absolute Gasteiger partial charge is 0.290 e. The molecule has 3 N–H and O–H groups in total. The molecule has 7 heteroatoms. The molecule has 0 amide bonds. The van der Waals surface area contributed by atoms with Gasteiger partial charge in [-0.25, -0.2) is 4.98 Å². The van der Waals surface area contributed by atoms with Gasteiger partial charge in [0.15, 0.2) is 0 Å². The van der Waals surface area contributed by atoms with Crippen LogP contribution in [0.4, 0.5) is 0 Å². The zero-order chi connectivity index (χ0) is 15.0. The predicted molar refractivity (Wildman–Crippen MR) is 70.5 cm³/mol. The first-order valence-corrected chi connectivity index (χ1v) is 5.94. The van der Waals surface area contributed by atoms with Crippen molar-refractivity contribution in [2.75, 3.05) is 0 Å². The Hall–Kier alpha value is -2.41. The van der Waals surface area contributed by atoms with Gasteiger partial charge in [0.25, 0.3) is 12.9 Å². The van der Waals surface area contributed by atoms with Gasteiger partial charge in [-0.3, -0.25) is 9.59 Å². The highest BCUT2D eigenvalue weighted by Crippen LogP contribution is 2.39. The normalized spacial score (nSPS) is 12.7. The molecule has 20 heavy (non-hydrogen) atoms. The molecule has 7 nitrogen and oxygen atoms in total. The van der Waals surface area contributed by atoms with Gasteiger partial charge in [0.05, 0.1) is 12.3 Å². The maximum absolute atomic E-state index is 8.95. The lowest BCUT2D eigenvalue weighted by molar-refractivity contribution is -0.123. The lowest BCUT2D eigenvalue weighted by Crippen LogP contribution is -1.86. The highest BCUT2D eigenvalue weighted by molar-refractivity contribution is 5.42. The van der Waals surface area contributed by atoms with Gasteiger partial charge in [0, 0.05) is 12.4 Å². The summed E-state index contributed by atoms with van der Waals surface area (Å²) in [4.78, 5) is 21.0. The van der Waals surface area contributed by atoms with E-state index in [0.717, 1.165) is 17.3 Å². The van der Waals surface area contributed by atoms with Crippen LogP contribution < -0.4 is 0 Å². The van der Waals surface area contributed by atoms with Crippen molar-refractivity contribution in [1.82, 2.24) is 9.38 Å². The molecule has 0 unspecified atom stereocenters. The second kappa shape index (κ2) is 7.90. The molecule has 3 rings (SSSR count). The maximum atomic E-state index is 8.95. The number of rotatable bonds is 2. The van der Waals surface area contributed by atoms with E-state index in [1.54, 1.807) is 0 Å². The fourth-order valence-corrected chi connectivity index (χ4v) is 1.80. The van der Waals surface area contributed by atoms with Gasteiger partial charge < -0.3 is 19.7 Å². The third-order valence-corrected chi connectivity index (χ3v) is 2.73. The van der Waals surface area contributed by atoms with Crippen LogP contribution in [-0.2, 0) is 16.2 Å². The molecule has 0 radical (unpaired) electrons. The van der Waals surface area contributed by atoms with Crippen molar-refractivity contribution in [2.24, 2.45) is 0 Å². The Morgan fingerprint density at radius 2 is 1.80 bits per heavy atom. The molecule has 1 aliphatic rings. The lowest BCUT2D eigenvalue weighted by Gasteiger charge is -1.98. The summed E-state index contributed by atoms with van der Waals surface area (Å²) in [6.45, 7) is -0.486. The molecule has 2 heterocycles. The van der Waals surface area contributed by atoms with Crippen molar-refractivity contribution in [3.05, 3.63) is 35.8 Å². The molecule has 1 fully saturated rings. The van der Waals surface area contributed by atoms with E-state index in [2.05, 4.69) is 17.2 Å². The fraction of sp³-hybridized carbons (Fsp3) is 0.308. The topological polar surface area (TPSA) is 112 Å². The summed E-state index contributed by atoms with van der Waals surface area (Å²) in [5.41, 5.74) is 3.04. The zero-order valence-corrected chi connectivity index (χ0v) is 10.7. The Labute approximate surface area is 115 Å². The number of hydrogen-bond donors (Lipinski definition) is 3. The zero-order valence-electron chi connectivity index (χ0n) is 10.7. The first-order valence-electron chi connectivity index (χ1n) is 5.94. The minimum absolute atomic E-state index is 0.0143. The summed E-state index contributed by atoms with van der Waals surface area (Å²) in [7, 11) is 0. The summed E-state index contributed by atoms with van der Waals surface area (Å²) < 4.78 is 2.00. The van der Waals surface area contributed by atoms with Crippen LogP contribution in [0, 0.1) is 0 Å². The summed E-state index contributed by atoms with van der Waals surface area (Å²) in [6.07, 6.45) is 6.64. The average molecular weight is 280 g/mol. The van der Waals surface area contributed by atoms with E-state index in [1.807, 2.05) is 16.7 Å².